The van der Waals surface area contributed by atoms with Gasteiger partial charge < -0.3 is 30.8 Å². The van der Waals surface area contributed by atoms with E-state index in [4.69, 9.17) is 14.7 Å². The summed E-state index contributed by atoms with van der Waals surface area (Å²) in [4.78, 5) is 40.5. The molecule has 34 heavy (non-hydrogen) atoms. The lowest BCUT2D eigenvalue weighted by Crippen LogP contribution is -2.46. The zero-order valence-electron chi connectivity index (χ0n) is 18.2. The molecule has 0 bridgehead atoms. The molecule has 1 atom stereocenters. The summed E-state index contributed by atoms with van der Waals surface area (Å²) in [5, 5.41) is 20.2. The van der Waals surface area contributed by atoms with Gasteiger partial charge in [0.15, 0.2) is 0 Å². The van der Waals surface area contributed by atoms with E-state index in [0.29, 0.717) is 18.9 Å². The van der Waals surface area contributed by atoms with E-state index in [1.54, 1.807) is 0 Å². The minimum atomic E-state index is -5.08. The van der Waals surface area contributed by atoms with Crippen molar-refractivity contribution in [3.05, 3.63) is 29.8 Å². The molecule has 1 aromatic carbocycles. The molecule has 3 amide bonds. The van der Waals surface area contributed by atoms with Crippen molar-refractivity contribution in [2.24, 2.45) is 11.1 Å². The first-order valence-electron chi connectivity index (χ1n) is 10.8. The molecule has 0 spiro atoms. The van der Waals surface area contributed by atoms with Crippen molar-refractivity contribution in [3.8, 4) is 0 Å². The van der Waals surface area contributed by atoms with E-state index in [1.165, 1.54) is 0 Å². The first-order valence-corrected chi connectivity index (χ1v) is 10.8. The highest BCUT2D eigenvalue weighted by molar-refractivity contribution is 5.94. The number of hydrogen-bond acceptors (Lipinski definition) is 6. The number of alkyl halides is 3. The molecule has 0 radical (unpaired) electrons. The monoisotopic (exact) mass is 485 g/mol. The number of carbonyl (C=O) groups excluding carboxylic acids is 2. The Labute approximate surface area is 193 Å². The van der Waals surface area contributed by atoms with Crippen LogP contribution in [-0.2, 0) is 21.0 Å². The molecule has 10 nitrogen and oxygen atoms in total. The molecule has 3 aliphatic heterocycles. The van der Waals surface area contributed by atoms with Crippen LogP contribution in [-0.4, -0.2) is 72.1 Å². The number of likely N-dealkylation sites (tertiary alicyclic amines) is 1. The van der Waals surface area contributed by atoms with Crippen LogP contribution in [0.4, 0.5) is 23.7 Å². The van der Waals surface area contributed by atoms with Crippen molar-refractivity contribution in [3.63, 3.8) is 0 Å². The van der Waals surface area contributed by atoms with Crippen molar-refractivity contribution in [1.29, 1.82) is 0 Å². The third-order valence-electron chi connectivity index (χ3n) is 5.52. The second-order valence-electron chi connectivity index (χ2n) is 8.08. The van der Waals surface area contributed by atoms with Crippen LogP contribution in [0, 0.1) is 5.92 Å². The number of carboxylic acid groups (broad SMARTS) is 1. The van der Waals surface area contributed by atoms with E-state index < -0.39 is 18.2 Å². The van der Waals surface area contributed by atoms with Crippen LogP contribution < -0.4 is 16.0 Å². The maximum absolute atomic E-state index is 12.3. The number of aliphatic carboxylic acids is 1. The van der Waals surface area contributed by atoms with Gasteiger partial charge in [-0.2, -0.15) is 13.2 Å². The fourth-order valence-corrected chi connectivity index (χ4v) is 3.49. The third kappa shape index (κ3) is 7.07. The van der Waals surface area contributed by atoms with E-state index in [0.717, 1.165) is 56.0 Å². The van der Waals surface area contributed by atoms with Crippen molar-refractivity contribution in [2.75, 3.05) is 31.5 Å². The lowest BCUT2D eigenvalue weighted by molar-refractivity contribution is -0.192. The Hall–Kier alpha value is -3.35. The average molecular weight is 485 g/mol. The first-order chi connectivity index (χ1) is 16.1. The molecular weight excluding hydrogens is 459 g/mol. The fourth-order valence-electron chi connectivity index (χ4n) is 3.49. The summed E-state index contributed by atoms with van der Waals surface area (Å²) in [6.07, 6.45) is -2.94. The highest BCUT2D eigenvalue weighted by Crippen LogP contribution is 2.20. The Morgan fingerprint density at radius 1 is 1.21 bits per heavy atom. The Kier molecular flexibility index (Phi) is 8.31. The number of carbonyl (C=O) groups is 3. The molecule has 4 N–H and O–H groups in total. The van der Waals surface area contributed by atoms with E-state index in [-0.39, 0.29) is 11.9 Å². The summed E-state index contributed by atoms with van der Waals surface area (Å²) in [6, 6.07) is 7.46. The van der Waals surface area contributed by atoms with Gasteiger partial charge >= 0.3 is 18.2 Å². The maximum Gasteiger partial charge on any atom is 0.490 e. The molecule has 13 heteroatoms. The molecule has 1 unspecified atom stereocenters. The molecule has 3 aliphatic rings. The number of carboxylic acids is 1. The largest absolute Gasteiger partial charge is 0.490 e. The average Bonchev–Trinajstić information content (AvgIpc) is 3.43. The Morgan fingerprint density at radius 2 is 1.88 bits per heavy atom. The molecule has 0 saturated carbocycles. The summed E-state index contributed by atoms with van der Waals surface area (Å²) in [5.41, 5.74) is 2.63. The molecule has 1 aromatic rings. The zero-order valence-corrected chi connectivity index (χ0v) is 18.2. The van der Waals surface area contributed by atoms with Crippen LogP contribution in [0.2, 0.25) is 0 Å². The quantitative estimate of drug-likeness (QED) is 0.504. The van der Waals surface area contributed by atoms with Gasteiger partial charge in [0, 0.05) is 50.7 Å². The number of nitrogens with zero attached hydrogens (tertiary/aromatic N) is 2. The second kappa shape index (κ2) is 11.2. The molecule has 2 fully saturated rings. The summed E-state index contributed by atoms with van der Waals surface area (Å²) < 4.78 is 31.7. The summed E-state index contributed by atoms with van der Waals surface area (Å²) in [7, 11) is 0. The summed E-state index contributed by atoms with van der Waals surface area (Å²) in [6.45, 7) is 3.82. The minimum absolute atomic E-state index is 0.0665. The number of nitrogens with one attached hydrogen (secondary N) is 3. The standard InChI is InChI=1S/C19H25N5O3.C2HF3O2/c25-18(17-9-16(23-27-17)14-11-20-12-14)21-10-13-4-3-5-15(8-13)22-19(26)24-6-1-2-7-24;3-2(4,5)1(6)7/h3-5,8,14,17,20H,1-2,6-7,9-12H2,(H,21,25)(H,22,26);(H,6,7). The number of hydrogen-bond donors (Lipinski definition) is 4. The summed E-state index contributed by atoms with van der Waals surface area (Å²) in [5.74, 6) is -2.52. The Balaban J connectivity index is 0.000000406. The van der Waals surface area contributed by atoms with Gasteiger partial charge in [-0.05, 0) is 30.5 Å². The lowest BCUT2D eigenvalue weighted by Gasteiger charge is -2.26. The van der Waals surface area contributed by atoms with Crippen molar-refractivity contribution in [1.82, 2.24) is 15.5 Å². The molecule has 186 valence electrons. The molecule has 2 saturated heterocycles. The van der Waals surface area contributed by atoms with Crippen molar-refractivity contribution in [2.45, 2.75) is 38.1 Å². The minimum Gasteiger partial charge on any atom is -0.475 e. The van der Waals surface area contributed by atoms with Crippen LogP contribution in [0.25, 0.3) is 0 Å². The number of anilines is 1. The van der Waals surface area contributed by atoms with Gasteiger partial charge in [-0.15, -0.1) is 0 Å². The first kappa shape index (κ1) is 25.3. The maximum atomic E-state index is 12.3. The number of halogens is 3. The summed E-state index contributed by atoms with van der Waals surface area (Å²) >= 11 is 0. The molecule has 0 aliphatic carbocycles. The van der Waals surface area contributed by atoms with Crippen LogP contribution in [0.3, 0.4) is 0 Å². The van der Waals surface area contributed by atoms with Crippen LogP contribution in [0.1, 0.15) is 24.8 Å². The smallest absolute Gasteiger partial charge is 0.475 e. The molecule has 3 heterocycles. The van der Waals surface area contributed by atoms with Gasteiger partial charge in [-0.3, -0.25) is 4.79 Å². The van der Waals surface area contributed by atoms with Gasteiger partial charge in [-0.25, -0.2) is 9.59 Å². The van der Waals surface area contributed by atoms with E-state index in [1.807, 2.05) is 29.2 Å². The normalized spacial score (nSPS) is 19.8. The lowest BCUT2D eigenvalue weighted by atomic mass is 9.93. The molecule has 4 rings (SSSR count). The van der Waals surface area contributed by atoms with E-state index in [9.17, 15) is 22.8 Å². The van der Waals surface area contributed by atoms with Crippen LogP contribution in [0.15, 0.2) is 29.4 Å². The number of benzene rings is 1. The number of oxime groups is 1. The Bertz CT molecular complexity index is 930. The van der Waals surface area contributed by atoms with Gasteiger partial charge in [0.2, 0.25) is 6.10 Å². The Morgan fingerprint density at radius 3 is 2.47 bits per heavy atom. The second-order valence-corrected chi connectivity index (χ2v) is 8.08. The van der Waals surface area contributed by atoms with E-state index in [2.05, 4.69) is 21.1 Å². The van der Waals surface area contributed by atoms with Gasteiger partial charge in [-0.1, -0.05) is 17.3 Å². The SMILES string of the molecule is O=C(NCc1cccc(NC(=O)N2CCCC2)c1)C1CC(C2CNC2)=NO1.O=C(O)C(F)(F)F. The number of urea groups is 1. The predicted octanol–water partition coefficient (Wildman–Crippen LogP) is 1.93. The van der Waals surface area contributed by atoms with Gasteiger partial charge in [0.25, 0.3) is 5.91 Å². The predicted molar refractivity (Wildman–Crippen MR) is 115 cm³/mol. The van der Waals surface area contributed by atoms with Crippen molar-refractivity contribution < 1.29 is 37.5 Å². The van der Waals surface area contributed by atoms with E-state index >= 15 is 0 Å². The van der Waals surface area contributed by atoms with Gasteiger partial charge in [0.05, 0.1) is 5.71 Å². The topological polar surface area (TPSA) is 132 Å². The highest BCUT2D eigenvalue weighted by atomic mass is 19.4. The number of amides is 3. The zero-order chi connectivity index (χ0) is 24.7. The van der Waals surface area contributed by atoms with Crippen LogP contribution >= 0.6 is 0 Å². The van der Waals surface area contributed by atoms with Gasteiger partial charge in [0.1, 0.15) is 0 Å². The molecule has 0 aromatic heterocycles. The molecular formula is C21H26F3N5O5. The highest BCUT2D eigenvalue weighted by Gasteiger charge is 2.38. The number of rotatable bonds is 5. The third-order valence-corrected chi connectivity index (χ3v) is 5.52. The van der Waals surface area contributed by atoms with Crippen molar-refractivity contribution >= 4 is 29.3 Å². The van der Waals surface area contributed by atoms with Crippen LogP contribution in [0.5, 0.6) is 0 Å². The fraction of sp³-hybridized carbons (Fsp3) is 0.524.